The molecule has 1 saturated carbocycles. The maximum absolute atomic E-state index is 2.60. The van der Waals surface area contributed by atoms with E-state index in [0.717, 1.165) is 0 Å². The number of fused-ring (bicyclic) bond motifs is 3. The van der Waals surface area contributed by atoms with Gasteiger partial charge in [-0.2, -0.15) is 0 Å². The Kier molecular flexibility index (Phi) is 6.94. The zero-order valence-electron chi connectivity index (χ0n) is 22.3. The molecule has 2 aromatic carbocycles. The van der Waals surface area contributed by atoms with Gasteiger partial charge in [0.2, 0.25) is 0 Å². The Morgan fingerprint density at radius 1 is 0.765 bits per heavy atom. The molecule has 2 aromatic rings. The zero-order valence-corrected chi connectivity index (χ0v) is 26.7. The van der Waals surface area contributed by atoms with Crippen molar-refractivity contribution in [3.05, 3.63) is 63.0 Å². The first-order valence-corrected chi connectivity index (χ1v) is 24.2. The SMILES string of the molecule is C[Si](C)(C)c1ccc2c(c1)Cc1c-2ccc([Si](C)(C)C)[c]1[Zr]([C]1=CC=CC1)=[C]1CCCCCC1. The zero-order chi connectivity index (χ0) is 24.1. The molecule has 0 bridgehead atoms. The summed E-state index contributed by atoms with van der Waals surface area (Å²) in [5.41, 5.74) is 6.47. The van der Waals surface area contributed by atoms with E-state index in [1.165, 1.54) is 56.9 Å². The molecule has 0 aromatic heterocycles. The summed E-state index contributed by atoms with van der Waals surface area (Å²) < 4.78 is 5.81. The molecule has 178 valence electrons. The van der Waals surface area contributed by atoms with Crippen LogP contribution < -0.4 is 13.6 Å². The summed E-state index contributed by atoms with van der Waals surface area (Å²) >= 11 is -2.14. The van der Waals surface area contributed by atoms with E-state index in [1.807, 2.05) is 9.76 Å². The Morgan fingerprint density at radius 3 is 2.09 bits per heavy atom. The molecular weight excluding hydrogens is 520 g/mol. The van der Waals surface area contributed by atoms with Crippen molar-refractivity contribution in [1.82, 2.24) is 0 Å². The van der Waals surface area contributed by atoms with Gasteiger partial charge >= 0.3 is 219 Å². The first-order valence-electron chi connectivity index (χ1n) is 13.5. The Labute approximate surface area is 217 Å². The van der Waals surface area contributed by atoms with Crippen molar-refractivity contribution in [2.45, 2.75) is 90.6 Å². The summed E-state index contributed by atoms with van der Waals surface area (Å²) in [6.07, 6.45) is 18.3. The van der Waals surface area contributed by atoms with Gasteiger partial charge in [0, 0.05) is 0 Å². The van der Waals surface area contributed by atoms with Gasteiger partial charge in [-0.05, 0) is 0 Å². The summed E-state index contributed by atoms with van der Waals surface area (Å²) in [4.78, 5) is 0. The predicted molar refractivity (Wildman–Crippen MR) is 155 cm³/mol. The second-order valence-electron chi connectivity index (χ2n) is 12.8. The Balaban J connectivity index is 1.75. The quantitative estimate of drug-likeness (QED) is 0.239. The van der Waals surface area contributed by atoms with Crippen LogP contribution in [0.4, 0.5) is 0 Å². The third-order valence-corrected chi connectivity index (χ3v) is 20.9. The first kappa shape index (κ1) is 24.8. The van der Waals surface area contributed by atoms with E-state index in [4.69, 9.17) is 0 Å². The second kappa shape index (κ2) is 9.53. The van der Waals surface area contributed by atoms with E-state index in [-0.39, 0.29) is 0 Å². The minimum atomic E-state index is -2.14. The molecule has 0 amide bonds. The number of rotatable bonds is 4. The number of hydrogen-bond acceptors (Lipinski definition) is 0. The van der Waals surface area contributed by atoms with Crippen LogP contribution in [-0.2, 0) is 27.7 Å². The van der Waals surface area contributed by atoms with Crippen LogP contribution in [0.2, 0.25) is 39.3 Å². The molecule has 3 aliphatic carbocycles. The van der Waals surface area contributed by atoms with Gasteiger partial charge in [0.25, 0.3) is 0 Å². The Hall–Kier alpha value is -0.893. The van der Waals surface area contributed by atoms with Crippen LogP contribution in [0.15, 0.2) is 51.8 Å². The molecule has 1 fully saturated rings. The van der Waals surface area contributed by atoms with Crippen molar-refractivity contribution in [2.75, 3.05) is 0 Å². The molecule has 0 N–H and O–H groups in total. The van der Waals surface area contributed by atoms with Crippen molar-refractivity contribution in [2.24, 2.45) is 0 Å². The van der Waals surface area contributed by atoms with Gasteiger partial charge in [-0.25, -0.2) is 0 Å². The monoisotopic (exact) mass is 560 g/mol. The van der Waals surface area contributed by atoms with Gasteiger partial charge in [-0.1, -0.05) is 0 Å². The fourth-order valence-electron chi connectivity index (χ4n) is 6.26. The van der Waals surface area contributed by atoms with Gasteiger partial charge in [-0.15, -0.1) is 0 Å². The van der Waals surface area contributed by atoms with Crippen molar-refractivity contribution in [1.29, 1.82) is 0 Å². The van der Waals surface area contributed by atoms with E-state index >= 15 is 0 Å². The van der Waals surface area contributed by atoms with Gasteiger partial charge in [0.1, 0.15) is 0 Å². The summed E-state index contributed by atoms with van der Waals surface area (Å²) in [6, 6.07) is 12.6. The number of hydrogen-bond donors (Lipinski definition) is 0. The molecule has 3 aliphatic rings. The van der Waals surface area contributed by atoms with Crippen molar-refractivity contribution < 1.29 is 21.3 Å². The molecule has 34 heavy (non-hydrogen) atoms. The molecule has 0 unspecified atom stereocenters. The number of allylic oxidation sites excluding steroid dienone is 4. The average Bonchev–Trinajstić information content (AvgIpc) is 3.34. The molecule has 0 aliphatic heterocycles. The van der Waals surface area contributed by atoms with Crippen LogP contribution in [-0.4, -0.2) is 19.4 Å². The summed E-state index contributed by atoms with van der Waals surface area (Å²) in [7, 11) is -2.77. The molecule has 0 heterocycles. The van der Waals surface area contributed by atoms with Gasteiger partial charge < -0.3 is 0 Å². The van der Waals surface area contributed by atoms with Crippen LogP contribution in [0, 0.1) is 0 Å². The molecule has 0 atom stereocenters. The van der Waals surface area contributed by atoms with E-state index in [2.05, 4.69) is 87.8 Å². The Bertz CT molecular complexity index is 1210. The molecule has 0 radical (unpaired) electrons. The second-order valence-corrected chi connectivity index (χ2v) is 29.3. The van der Waals surface area contributed by atoms with Crippen LogP contribution in [0.3, 0.4) is 0 Å². The summed E-state index contributed by atoms with van der Waals surface area (Å²) in [6.45, 7) is 15.2. The summed E-state index contributed by atoms with van der Waals surface area (Å²) in [5, 5.41) is 3.41. The van der Waals surface area contributed by atoms with E-state index < -0.39 is 37.4 Å². The first-order chi connectivity index (χ1) is 16.1. The summed E-state index contributed by atoms with van der Waals surface area (Å²) in [5.74, 6) is 0. The van der Waals surface area contributed by atoms with Gasteiger partial charge in [-0.3, -0.25) is 0 Å². The Morgan fingerprint density at radius 2 is 1.47 bits per heavy atom. The molecule has 5 rings (SSSR count). The van der Waals surface area contributed by atoms with Gasteiger partial charge in [0.05, 0.1) is 0 Å². The predicted octanol–water partition coefficient (Wildman–Crippen LogP) is 6.96. The fraction of sp³-hybridized carbons (Fsp3) is 0.452. The van der Waals surface area contributed by atoms with Crippen molar-refractivity contribution in [3.63, 3.8) is 0 Å². The normalized spacial score (nSPS) is 17.9. The van der Waals surface area contributed by atoms with Crippen LogP contribution in [0.25, 0.3) is 11.1 Å². The van der Waals surface area contributed by atoms with E-state index in [9.17, 15) is 0 Å². The number of benzene rings is 2. The van der Waals surface area contributed by atoms with E-state index in [0.29, 0.717) is 0 Å². The van der Waals surface area contributed by atoms with Crippen LogP contribution >= 0.6 is 0 Å². The molecular formula is C31H42Si2Zr. The topological polar surface area (TPSA) is 0 Å². The molecule has 3 heteroatoms. The average molecular weight is 562 g/mol. The third-order valence-electron chi connectivity index (χ3n) is 8.15. The third kappa shape index (κ3) is 4.74. The fourth-order valence-corrected chi connectivity index (χ4v) is 20.9. The minimum absolute atomic E-state index is 1.18. The van der Waals surface area contributed by atoms with Crippen LogP contribution in [0.1, 0.15) is 56.1 Å². The van der Waals surface area contributed by atoms with Crippen molar-refractivity contribution in [3.8, 4) is 11.1 Å². The standard InChI is InChI=1S/C19H25Si2.C7H12.C5H5.Zr/c1-20(2,3)16-7-9-18-14(12-16)11-15-13-17(21(4,5)6)8-10-19(15)18;1-2-4-6-7-5-3-1;1-2-4-5-3-1;/h7-10,12H,11H2,1-6H3;1-6H2;1-3H,4H2;. The van der Waals surface area contributed by atoms with E-state index in [1.54, 1.807) is 27.1 Å². The molecule has 0 saturated heterocycles. The molecule has 0 spiro atoms. The van der Waals surface area contributed by atoms with Crippen LogP contribution in [0.5, 0.6) is 0 Å². The molecule has 0 nitrogen and oxygen atoms in total. The maximum atomic E-state index is 2.60. The van der Waals surface area contributed by atoms with Crippen molar-refractivity contribution >= 4 is 33.0 Å². The van der Waals surface area contributed by atoms with Gasteiger partial charge in [0.15, 0.2) is 0 Å².